The Morgan fingerprint density at radius 2 is 1.49 bits per heavy atom. The summed E-state index contributed by atoms with van der Waals surface area (Å²) in [5.41, 5.74) is 0.321. The van der Waals surface area contributed by atoms with Crippen molar-refractivity contribution in [2.45, 2.75) is 0 Å². The number of ether oxygens (including phenoxy) is 2. The summed E-state index contributed by atoms with van der Waals surface area (Å²) in [6.07, 6.45) is 0. The number of hydrogen-bond donors (Lipinski definition) is 1. The molecule has 0 atom stereocenters. The van der Waals surface area contributed by atoms with E-state index in [1.807, 2.05) is 0 Å². The number of halogens is 1. The van der Waals surface area contributed by atoms with Gasteiger partial charge in [0.05, 0.1) is 28.8 Å². The molecule has 1 aliphatic rings. The molecule has 0 aromatic heterocycles. The Hall–Kier alpha value is -5.03. The number of benzene rings is 3. The topological polar surface area (TPSA) is 145 Å². The van der Waals surface area contributed by atoms with Gasteiger partial charge in [-0.15, -0.1) is 0 Å². The normalized spacial score (nSPS) is 13.0. The van der Waals surface area contributed by atoms with Crippen molar-refractivity contribution in [3.05, 3.63) is 105 Å². The lowest BCUT2D eigenvalue weighted by molar-refractivity contribution is -0.385. The largest absolute Gasteiger partial charge is 0.465 e. The van der Waals surface area contributed by atoms with Crippen LogP contribution in [-0.4, -0.2) is 35.8 Å². The molecular weight excluding hydrogens is 506 g/mol. The third kappa shape index (κ3) is 5.02. The molecule has 0 bridgehead atoms. The van der Waals surface area contributed by atoms with Crippen LogP contribution in [0.1, 0.15) is 20.7 Å². The fraction of sp³-hybridized carbons (Fsp3) is 0.0400. The highest BCUT2D eigenvalue weighted by atomic mass is 35.5. The summed E-state index contributed by atoms with van der Waals surface area (Å²) < 4.78 is 9.77. The van der Waals surface area contributed by atoms with E-state index in [4.69, 9.17) is 16.3 Å². The predicted molar refractivity (Wildman–Crippen MR) is 131 cm³/mol. The molecule has 3 aromatic carbocycles. The molecule has 186 valence electrons. The van der Waals surface area contributed by atoms with E-state index >= 15 is 0 Å². The second kappa shape index (κ2) is 10.3. The molecule has 12 heteroatoms. The van der Waals surface area contributed by atoms with Gasteiger partial charge in [0.15, 0.2) is 0 Å². The van der Waals surface area contributed by atoms with E-state index in [0.29, 0.717) is 5.69 Å². The highest BCUT2D eigenvalue weighted by Gasteiger charge is 2.39. The van der Waals surface area contributed by atoms with Gasteiger partial charge in [0.25, 0.3) is 11.8 Å². The van der Waals surface area contributed by atoms with Crippen molar-refractivity contribution >= 4 is 52.4 Å². The number of amides is 2. The molecule has 0 aliphatic carbocycles. The van der Waals surface area contributed by atoms with Gasteiger partial charge >= 0.3 is 17.6 Å². The van der Waals surface area contributed by atoms with E-state index in [9.17, 15) is 29.3 Å². The molecule has 1 aliphatic heterocycles. The van der Waals surface area contributed by atoms with Crippen LogP contribution >= 0.6 is 11.6 Å². The highest BCUT2D eigenvalue weighted by Crippen LogP contribution is 2.31. The third-order valence-corrected chi connectivity index (χ3v) is 5.58. The first kappa shape index (κ1) is 25.1. The van der Waals surface area contributed by atoms with Gasteiger partial charge < -0.3 is 14.8 Å². The minimum absolute atomic E-state index is 0.0879. The second-order valence-electron chi connectivity index (χ2n) is 7.49. The summed E-state index contributed by atoms with van der Waals surface area (Å²) in [5, 5.41) is 13.5. The highest BCUT2D eigenvalue weighted by molar-refractivity contribution is 6.53. The number of esters is 2. The average Bonchev–Trinajstić information content (AvgIpc) is 3.11. The van der Waals surface area contributed by atoms with Crippen LogP contribution in [0.15, 0.2) is 83.5 Å². The number of carbonyl (C=O) groups excluding carboxylic acids is 4. The molecule has 1 N–H and O–H groups in total. The minimum atomic E-state index is -0.827. The van der Waals surface area contributed by atoms with Crippen molar-refractivity contribution in [3.63, 3.8) is 0 Å². The zero-order valence-electron chi connectivity index (χ0n) is 19.0. The summed E-state index contributed by atoms with van der Waals surface area (Å²) in [4.78, 5) is 61.0. The maximum absolute atomic E-state index is 13.0. The van der Waals surface area contributed by atoms with Crippen LogP contribution < -0.4 is 15.0 Å². The van der Waals surface area contributed by atoms with Crippen molar-refractivity contribution in [2.24, 2.45) is 0 Å². The van der Waals surface area contributed by atoms with Gasteiger partial charge in [0.1, 0.15) is 10.7 Å². The molecule has 0 fully saturated rings. The monoisotopic (exact) mass is 521 g/mol. The quantitative estimate of drug-likeness (QED) is 0.160. The number of nitrogens with one attached hydrogen (secondary N) is 1. The molecule has 4 rings (SSSR count). The van der Waals surface area contributed by atoms with Crippen molar-refractivity contribution in [1.82, 2.24) is 0 Å². The number of nitrogens with zero attached hydrogens (tertiary/aromatic N) is 2. The Bertz CT molecular complexity index is 1470. The maximum atomic E-state index is 13.0. The fourth-order valence-electron chi connectivity index (χ4n) is 3.40. The number of nitro groups is 1. The average molecular weight is 522 g/mol. The van der Waals surface area contributed by atoms with Gasteiger partial charge in [-0.3, -0.25) is 19.7 Å². The number of imide groups is 1. The lowest BCUT2D eigenvalue weighted by atomic mass is 10.2. The number of nitro benzene ring substituents is 1. The third-order valence-electron chi connectivity index (χ3n) is 5.23. The van der Waals surface area contributed by atoms with E-state index in [0.717, 1.165) is 4.90 Å². The van der Waals surface area contributed by atoms with Crippen molar-refractivity contribution in [1.29, 1.82) is 0 Å². The maximum Gasteiger partial charge on any atom is 0.343 e. The van der Waals surface area contributed by atoms with Crippen molar-refractivity contribution in [3.8, 4) is 5.75 Å². The van der Waals surface area contributed by atoms with Gasteiger partial charge in [-0.05, 0) is 54.6 Å². The van der Waals surface area contributed by atoms with Crippen LogP contribution in [0.2, 0.25) is 0 Å². The first-order valence-corrected chi connectivity index (χ1v) is 10.9. The smallest absolute Gasteiger partial charge is 0.343 e. The van der Waals surface area contributed by atoms with Crippen LogP contribution in [0.25, 0.3) is 0 Å². The number of para-hydroxylation sites is 2. The zero-order valence-corrected chi connectivity index (χ0v) is 19.7. The molecule has 3 aromatic rings. The molecule has 37 heavy (non-hydrogen) atoms. The molecule has 0 saturated heterocycles. The Morgan fingerprint density at radius 3 is 2.11 bits per heavy atom. The number of rotatable bonds is 7. The molecule has 0 saturated carbocycles. The summed E-state index contributed by atoms with van der Waals surface area (Å²) in [6, 6.07) is 16.7. The van der Waals surface area contributed by atoms with Gasteiger partial charge in [-0.25, -0.2) is 14.5 Å². The number of hydrogen-bond acceptors (Lipinski definition) is 9. The summed E-state index contributed by atoms with van der Waals surface area (Å²) in [6.45, 7) is 0. The van der Waals surface area contributed by atoms with E-state index in [-0.39, 0.29) is 39.0 Å². The molecule has 2 amide bonds. The molecule has 0 spiro atoms. The van der Waals surface area contributed by atoms with E-state index in [2.05, 4.69) is 10.1 Å². The Balaban J connectivity index is 1.47. The van der Waals surface area contributed by atoms with Crippen LogP contribution in [0.3, 0.4) is 0 Å². The molecular formula is C25H16ClN3O8. The van der Waals surface area contributed by atoms with Crippen molar-refractivity contribution < 1.29 is 33.6 Å². The summed E-state index contributed by atoms with van der Waals surface area (Å²) in [5.74, 6) is -3.08. The van der Waals surface area contributed by atoms with Crippen LogP contribution in [0, 0.1) is 10.1 Å². The van der Waals surface area contributed by atoms with Gasteiger partial charge in [-0.2, -0.15) is 0 Å². The first-order chi connectivity index (χ1) is 17.7. The van der Waals surface area contributed by atoms with E-state index in [1.165, 1.54) is 79.9 Å². The van der Waals surface area contributed by atoms with Crippen LogP contribution in [0.5, 0.6) is 5.75 Å². The SMILES string of the molecule is COC(=O)c1ccc(N2C(=O)C(Cl)=C(Nc3ccc(C(=O)Oc4ccccc4[N+](=O)[O-])cc3)C2=O)cc1. The lowest BCUT2D eigenvalue weighted by Gasteiger charge is -2.15. The van der Waals surface area contributed by atoms with Crippen LogP contribution in [0.4, 0.5) is 17.1 Å². The summed E-state index contributed by atoms with van der Waals surface area (Å²) >= 11 is 6.14. The van der Waals surface area contributed by atoms with Crippen LogP contribution in [-0.2, 0) is 14.3 Å². The van der Waals surface area contributed by atoms with Gasteiger partial charge in [0, 0.05) is 11.8 Å². The van der Waals surface area contributed by atoms with Gasteiger partial charge in [0.2, 0.25) is 5.75 Å². The Morgan fingerprint density at radius 1 is 0.892 bits per heavy atom. The molecule has 0 radical (unpaired) electrons. The lowest BCUT2D eigenvalue weighted by Crippen LogP contribution is -2.32. The van der Waals surface area contributed by atoms with E-state index in [1.54, 1.807) is 0 Å². The Kier molecular flexibility index (Phi) is 6.98. The molecule has 0 unspecified atom stereocenters. The standard InChI is InChI=1S/C25H16ClN3O8/c1-36-24(32)14-8-12-17(13-9-14)28-22(30)20(26)21(23(28)31)27-16-10-6-15(7-11-16)25(33)37-19-5-3-2-4-18(19)29(34)35/h2-13,27H,1H3. The number of carbonyl (C=O) groups is 4. The second-order valence-corrected chi connectivity index (χ2v) is 7.87. The summed E-state index contributed by atoms with van der Waals surface area (Å²) in [7, 11) is 1.23. The first-order valence-electron chi connectivity index (χ1n) is 10.5. The Labute approximate surface area is 214 Å². The molecule has 1 heterocycles. The minimum Gasteiger partial charge on any atom is -0.465 e. The number of anilines is 2. The van der Waals surface area contributed by atoms with Gasteiger partial charge in [-0.1, -0.05) is 23.7 Å². The zero-order chi connectivity index (χ0) is 26.7. The fourth-order valence-corrected chi connectivity index (χ4v) is 3.61. The molecule has 11 nitrogen and oxygen atoms in total. The predicted octanol–water partition coefficient (Wildman–Crippen LogP) is 4.04. The van der Waals surface area contributed by atoms with E-state index < -0.39 is 28.7 Å². The van der Waals surface area contributed by atoms with Crippen molar-refractivity contribution in [2.75, 3.05) is 17.3 Å². The number of methoxy groups -OCH3 is 1.